The van der Waals surface area contributed by atoms with Gasteiger partial charge in [0.05, 0.1) is 5.52 Å². The van der Waals surface area contributed by atoms with E-state index in [1.54, 1.807) is 25.1 Å². The summed E-state index contributed by atoms with van der Waals surface area (Å²) in [6.07, 6.45) is 1.04. The van der Waals surface area contributed by atoms with Crippen LogP contribution in [0.5, 0.6) is 0 Å². The third-order valence-corrected chi connectivity index (χ3v) is 5.06. The molecule has 1 aliphatic rings. The van der Waals surface area contributed by atoms with Crippen molar-refractivity contribution in [3.05, 3.63) is 78.0 Å². The average Bonchev–Trinajstić information content (AvgIpc) is 2.96. The molecule has 1 aliphatic heterocycles. The Labute approximate surface area is 167 Å². The van der Waals surface area contributed by atoms with Crippen molar-refractivity contribution in [2.24, 2.45) is 0 Å². The number of carbonyl (C=O) groups excluding carboxylic acids is 3. The number of nitrogens with zero attached hydrogens (tertiary/aromatic N) is 2. The van der Waals surface area contributed by atoms with Gasteiger partial charge in [0, 0.05) is 5.39 Å². The fourth-order valence-corrected chi connectivity index (χ4v) is 3.35. The maximum Gasteiger partial charge on any atom is 0.344 e. The zero-order valence-electron chi connectivity index (χ0n) is 15.9. The molecule has 7 nitrogen and oxygen atoms in total. The normalized spacial score (nSPS) is 18.7. The average molecular weight is 388 g/mol. The first kappa shape index (κ1) is 18.6. The first-order valence-corrected chi connectivity index (χ1v) is 9.34. The van der Waals surface area contributed by atoms with Gasteiger partial charge >= 0.3 is 6.03 Å². The molecule has 1 unspecified atom stereocenters. The molecule has 0 aliphatic carbocycles. The minimum absolute atomic E-state index is 0.127. The van der Waals surface area contributed by atoms with E-state index in [2.05, 4.69) is 15.7 Å². The van der Waals surface area contributed by atoms with Crippen LogP contribution in [0.4, 0.5) is 4.79 Å². The van der Waals surface area contributed by atoms with Crippen LogP contribution in [0.2, 0.25) is 0 Å². The molecule has 2 N–H and O–H groups in total. The molecule has 1 saturated heterocycles. The summed E-state index contributed by atoms with van der Waals surface area (Å²) >= 11 is 0. The first-order chi connectivity index (χ1) is 14.0. The second-order valence-electron chi connectivity index (χ2n) is 7.22. The molecule has 29 heavy (non-hydrogen) atoms. The second kappa shape index (κ2) is 7.35. The summed E-state index contributed by atoms with van der Waals surface area (Å²) in [6, 6.07) is 19.8. The number of urea groups is 1. The first-order valence-electron chi connectivity index (χ1n) is 9.34. The number of hydrogen-bond donors (Lipinski definition) is 2. The lowest BCUT2D eigenvalue weighted by Crippen LogP contribution is -2.49. The molecule has 0 saturated carbocycles. The number of para-hydroxylation sites is 1. The number of benzene rings is 2. The Hall–Kier alpha value is -3.74. The molecule has 0 radical (unpaired) electrons. The van der Waals surface area contributed by atoms with Crippen molar-refractivity contribution < 1.29 is 14.4 Å². The number of carbonyl (C=O) groups is 3. The Bertz CT molecular complexity index is 1100. The Kier molecular flexibility index (Phi) is 4.72. The number of hydrogen-bond acceptors (Lipinski definition) is 4. The Morgan fingerprint density at radius 1 is 1.03 bits per heavy atom. The molecule has 1 fully saturated rings. The Morgan fingerprint density at radius 2 is 1.76 bits per heavy atom. The van der Waals surface area contributed by atoms with Gasteiger partial charge < -0.3 is 5.32 Å². The van der Waals surface area contributed by atoms with Crippen LogP contribution in [-0.4, -0.2) is 33.4 Å². The zero-order valence-corrected chi connectivity index (χ0v) is 15.9. The lowest BCUT2D eigenvalue weighted by atomic mass is 9.93. The number of aromatic nitrogens is 1. The van der Waals surface area contributed by atoms with Crippen LogP contribution < -0.4 is 10.7 Å². The number of nitrogens with one attached hydrogen (secondary N) is 2. The summed E-state index contributed by atoms with van der Waals surface area (Å²) in [5.74, 6) is -1.11. The third kappa shape index (κ3) is 3.67. The van der Waals surface area contributed by atoms with Crippen LogP contribution in [0.1, 0.15) is 29.4 Å². The van der Waals surface area contributed by atoms with Gasteiger partial charge in [-0.15, -0.1) is 0 Å². The molecule has 4 amide bonds. The predicted molar refractivity (Wildman–Crippen MR) is 108 cm³/mol. The van der Waals surface area contributed by atoms with E-state index in [1.807, 2.05) is 48.5 Å². The van der Waals surface area contributed by atoms with Crippen molar-refractivity contribution in [3.8, 4) is 0 Å². The lowest BCUT2D eigenvalue weighted by molar-refractivity contribution is -0.132. The van der Waals surface area contributed by atoms with Crippen molar-refractivity contribution in [2.75, 3.05) is 0 Å². The van der Waals surface area contributed by atoms with Crippen molar-refractivity contribution >= 4 is 28.7 Å². The van der Waals surface area contributed by atoms with E-state index in [0.717, 1.165) is 16.0 Å². The van der Waals surface area contributed by atoms with Gasteiger partial charge in [-0.25, -0.2) is 9.78 Å². The number of pyridine rings is 1. The molecule has 7 heteroatoms. The fourth-order valence-electron chi connectivity index (χ4n) is 3.35. The maximum atomic E-state index is 12.8. The highest BCUT2D eigenvalue weighted by molar-refractivity contribution is 6.09. The van der Waals surface area contributed by atoms with Crippen molar-refractivity contribution in [3.63, 3.8) is 0 Å². The van der Waals surface area contributed by atoms with E-state index < -0.39 is 23.4 Å². The molecular formula is C22H20N4O3. The highest BCUT2D eigenvalue weighted by Gasteiger charge is 2.48. The minimum atomic E-state index is -1.09. The number of fused-ring (bicyclic) bond motifs is 1. The fraction of sp³-hybridized carbons (Fsp3) is 0.182. The number of imide groups is 1. The number of aryl methyl sites for hydroxylation is 1. The smallest absolute Gasteiger partial charge is 0.322 e. The molecule has 1 atom stereocenters. The van der Waals surface area contributed by atoms with E-state index in [-0.39, 0.29) is 5.69 Å². The van der Waals surface area contributed by atoms with Gasteiger partial charge in [0.25, 0.3) is 11.8 Å². The molecule has 3 aromatic rings. The second-order valence-corrected chi connectivity index (χ2v) is 7.22. The lowest BCUT2D eigenvalue weighted by Gasteiger charge is -2.21. The zero-order chi connectivity index (χ0) is 20.4. The monoisotopic (exact) mass is 388 g/mol. The number of rotatable bonds is 5. The highest BCUT2D eigenvalue weighted by atomic mass is 16.2. The molecule has 146 valence electrons. The van der Waals surface area contributed by atoms with Gasteiger partial charge in [-0.3, -0.25) is 15.0 Å². The van der Waals surface area contributed by atoms with Crippen molar-refractivity contribution in [2.45, 2.75) is 25.3 Å². The van der Waals surface area contributed by atoms with Gasteiger partial charge in [-0.1, -0.05) is 54.6 Å². The topological polar surface area (TPSA) is 91.4 Å². The quantitative estimate of drug-likeness (QED) is 0.658. The molecular weight excluding hydrogens is 368 g/mol. The Balaban J connectivity index is 1.47. The molecule has 4 rings (SSSR count). The van der Waals surface area contributed by atoms with E-state index in [9.17, 15) is 14.4 Å². The van der Waals surface area contributed by atoms with Crippen LogP contribution in [0.3, 0.4) is 0 Å². The van der Waals surface area contributed by atoms with Crippen LogP contribution in [-0.2, 0) is 11.2 Å². The van der Waals surface area contributed by atoms with E-state index >= 15 is 0 Å². The van der Waals surface area contributed by atoms with Crippen molar-refractivity contribution in [1.29, 1.82) is 0 Å². The van der Waals surface area contributed by atoms with Gasteiger partial charge in [0.2, 0.25) is 0 Å². The van der Waals surface area contributed by atoms with Gasteiger partial charge in [-0.05, 0) is 37.5 Å². The van der Waals surface area contributed by atoms with Gasteiger partial charge in [0.15, 0.2) is 0 Å². The molecule has 2 aromatic carbocycles. The van der Waals surface area contributed by atoms with Crippen LogP contribution in [0.25, 0.3) is 10.9 Å². The van der Waals surface area contributed by atoms with Gasteiger partial charge in [-0.2, -0.15) is 5.01 Å². The minimum Gasteiger partial charge on any atom is -0.322 e. The maximum absolute atomic E-state index is 12.8. The Morgan fingerprint density at radius 3 is 2.55 bits per heavy atom. The summed E-state index contributed by atoms with van der Waals surface area (Å²) < 4.78 is 0. The summed E-state index contributed by atoms with van der Waals surface area (Å²) in [6.45, 7) is 1.66. The standard InChI is InChI=1S/C22H20N4O3/c1-22(14-13-15-7-3-2-4-8-15)20(28)26(21(29)24-22)25-19(27)18-12-11-16-9-5-6-10-17(16)23-18/h2-12H,13-14H2,1H3,(H,24,29)(H,25,27). The van der Waals surface area contributed by atoms with E-state index in [4.69, 9.17) is 0 Å². The summed E-state index contributed by atoms with van der Waals surface area (Å²) in [4.78, 5) is 42.1. The molecule has 1 aromatic heterocycles. The van der Waals surface area contributed by atoms with Crippen LogP contribution in [0.15, 0.2) is 66.7 Å². The predicted octanol–water partition coefficient (Wildman–Crippen LogP) is 2.82. The van der Waals surface area contributed by atoms with E-state index in [1.165, 1.54) is 0 Å². The number of hydrazine groups is 1. The molecule has 0 spiro atoms. The highest BCUT2D eigenvalue weighted by Crippen LogP contribution is 2.22. The largest absolute Gasteiger partial charge is 0.344 e. The SMILES string of the molecule is CC1(CCc2ccccc2)NC(=O)N(NC(=O)c2ccc3ccccc3n2)C1=O. The number of amides is 4. The molecule has 2 heterocycles. The van der Waals surface area contributed by atoms with Crippen molar-refractivity contribution in [1.82, 2.24) is 20.7 Å². The van der Waals surface area contributed by atoms with Gasteiger partial charge in [0.1, 0.15) is 11.2 Å². The summed E-state index contributed by atoms with van der Waals surface area (Å²) in [5.41, 5.74) is 3.15. The third-order valence-electron chi connectivity index (χ3n) is 5.06. The van der Waals surface area contributed by atoms with Crippen LogP contribution in [0, 0.1) is 0 Å². The van der Waals surface area contributed by atoms with Crippen LogP contribution >= 0.6 is 0 Å². The summed E-state index contributed by atoms with van der Waals surface area (Å²) in [5, 5.41) is 4.33. The molecule has 0 bridgehead atoms. The summed E-state index contributed by atoms with van der Waals surface area (Å²) in [7, 11) is 0. The van der Waals surface area contributed by atoms with E-state index in [0.29, 0.717) is 18.4 Å².